The maximum atomic E-state index is 11.9. The van der Waals surface area contributed by atoms with E-state index in [4.69, 9.17) is 25.6 Å². The molecule has 0 aliphatic carbocycles. The molecule has 1 N–H and O–H groups in total. The predicted molar refractivity (Wildman–Crippen MR) is 95.1 cm³/mol. The first-order valence-electron chi connectivity index (χ1n) is 7.76. The van der Waals surface area contributed by atoms with E-state index in [0.717, 1.165) is 5.56 Å². The zero-order chi connectivity index (χ0) is 18.4. The Kier molecular flexibility index (Phi) is 5.70. The summed E-state index contributed by atoms with van der Waals surface area (Å²) in [6.45, 7) is -0.0216. The summed E-state index contributed by atoms with van der Waals surface area (Å²) in [6.07, 6.45) is 0. The van der Waals surface area contributed by atoms with Crippen LogP contribution in [0.2, 0.25) is 5.02 Å². The van der Waals surface area contributed by atoms with Crippen LogP contribution in [0, 0.1) is 0 Å². The molecule has 0 fully saturated rings. The number of hydrogen-bond acceptors (Lipinski definition) is 6. The second kappa shape index (κ2) is 8.35. The molecule has 0 unspecified atom stereocenters. The third-order valence-corrected chi connectivity index (χ3v) is 3.67. The highest BCUT2D eigenvalue weighted by Crippen LogP contribution is 2.19. The van der Waals surface area contributed by atoms with Gasteiger partial charge in [-0.05, 0) is 36.4 Å². The third-order valence-electron chi connectivity index (χ3n) is 3.42. The van der Waals surface area contributed by atoms with Crippen LogP contribution < -0.4 is 14.8 Å². The normalized spacial score (nSPS) is 10.4. The Labute approximate surface area is 154 Å². The average Bonchev–Trinajstić information content (AvgIpc) is 3.14. The number of carbonyl (C=O) groups excluding carboxylic acids is 1. The molecule has 134 valence electrons. The largest absolute Gasteiger partial charge is 0.497 e. The summed E-state index contributed by atoms with van der Waals surface area (Å²) in [5.74, 6) is 1.62. The molecule has 8 heteroatoms. The van der Waals surface area contributed by atoms with Gasteiger partial charge in [0.05, 0.1) is 13.7 Å². The molecular weight excluding hydrogens is 358 g/mol. The van der Waals surface area contributed by atoms with Gasteiger partial charge in [0.25, 0.3) is 5.91 Å². The van der Waals surface area contributed by atoms with Crippen LogP contribution >= 0.6 is 11.6 Å². The standard InChI is InChI=1S/C18H16ClN3O4/c1-24-14-3-2-4-15(9-14)25-11-16(23)20-10-17-21-18(22-26-17)12-5-7-13(19)8-6-12/h2-9H,10-11H2,1H3,(H,20,23). The molecule has 1 heterocycles. The Hall–Kier alpha value is -3.06. The van der Waals surface area contributed by atoms with Crippen molar-refractivity contribution in [1.29, 1.82) is 0 Å². The van der Waals surface area contributed by atoms with Crippen LogP contribution in [0.5, 0.6) is 11.5 Å². The Bertz CT molecular complexity index is 880. The van der Waals surface area contributed by atoms with Crippen LogP contribution in [-0.2, 0) is 11.3 Å². The zero-order valence-corrected chi connectivity index (χ0v) is 14.7. The fourth-order valence-corrected chi connectivity index (χ4v) is 2.23. The van der Waals surface area contributed by atoms with Crippen molar-refractivity contribution >= 4 is 17.5 Å². The second-order valence-corrected chi connectivity index (χ2v) is 5.70. The smallest absolute Gasteiger partial charge is 0.258 e. The molecule has 0 aliphatic rings. The van der Waals surface area contributed by atoms with Crippen LogP contribution in [-0.4, -0.2) is 29.8 Å². The Morgan fingerprint density at radius 3 is 2.73 bits per heavy atom. The molecule has 0 saturated carbocycles. The third kappa shape index (κ3) is 4.73. The van der Waals surface area contributed by atoms with E-state index in [2.05, 4.69) is 15.5 Å². The van der Waals surface area contributed by atoms with E-state index in [1.54, 1.807) is 55.6 Å². The molecule has 1 aromatic heterocycles. The zero-order valence-electron chi connectivity index (χ0n) is 13.9. The minimum absolute atomic E-state index is 0.112. The molecule has 0 atom stereocenters. The molecule has 0 saturated heterocycles. The maximum absolute atomic E-state index is 11.9. The average molecular weight is 374 g/mol. The first kappa shape index (κ1) is 17.8. The predicted octanol–water partition coefficient (Wildman–Crippen LogP) is 3.09. The summed E-state index contributed by atoms with van der Waals surface area (Å²) in [5.41, 5.74) is 0.775. The number of nitrogens with one attached hydrogen (secondary N) is 1. The van der Waals surface area contributed by atoms with Crippen molar-refractivity contribution in [1.82, 2.24) is 15.5 Å². The van der Waals surface area contributed by atoms with Gasteiger partial charge in [-0.25, -0.2) is 0 Å². The number of methoxy groups -OCH3 is 1. The first-order valence-corrected chi connectivity index (χ1v) is 8.14. The summed E-state index contributed by atoms with van der Waals surface area (Å²) in [4.78, 5) is 16.1. The monoisotopic (exact) mass is 373 g/mol. The van der Waals surface area contributed by atoms with Crippen LogP contribution in [0.25, 0.3) is 11.4 Å². The van der Waals surface area contributed by atoms with E-state index in [9.17, 15) is 4.79 Å². The lowest BCUT2D eigenvalue weighted by Crippen LogP contribution is -2.28. The Morgan fingerprint density at radius 2 is 1.96 bits per heavy atom. The highest BCUT2D eigenvalue weighted by Gasteiger charge is 2.10. The Balaban J connectivity index is 1.49. The molecule has 1 amide bonds. The summed E-state index contributed by atoms with van der Waals surface area (Å²) in [5, 5.41) is 7.17. The van der Waals surface area contributed by atoms with E-state index in [1.807, 2.05) is 0 Å². The Morgan fingerprint density at radius 1 is 1.19 bits per heavy atom. The van der Waals surface area contributed by atoms with Crippen molar-refractivity contribution in [3.05, 3.63) is 59.4 Å². The molecule has 0 bridgehead atoms. The van der Waals surface area contributed by atoms with E-state index in [1.165, 1.54) is 0 Å². The number of benzene rings is 2. The van der Waals surface area contributed by atoms with E-state index in [0.29, 0.717) is 28.2 Å². The molecule has 7 nitrogen and oxygen atoms in total. The maximum Gasteiger partial charge on any atom is 0.258 e. The van der Waals surface area contributed by atoms with Gasteiger partial charge in [0.2, 0.25) is 11.7 Å². The lowest BCUT2D eigenvalue weighted by atomic mass is 10.2. The molecular formula is C18H16ClN3O4. The molecule has 3 rings (SSSR count). The lowest BCUT2D eigenvalue weighted by Gasteiger charge is -2.07. The van der Waals surface area contributed by atoms with Crippen molar-refractivity contribution in [2.45, 2.75) is 6.54 Å². The van der Waals surface area contributed by atoms with Crippen LogP contribution in [0.4, 0.5) is 0 Å². The van der Waals surface area contributed by atoms with Gasteiger partial charge in [0.15, 0.2) is 6.61 Å². The number of ether oxygens (including phenoxy) is 2. The minimum atomic E-state index is -0.306. The number of carbonyl (C=O) groups is 1. The molecule has 2 aromatic carbocycles. The quantitative estimate of drug-likeness (QED) is 0.684. The van der Waals surface area contributed by atoms with Crippen molar-refractivity contribution in [2.75, 3.05) is 13.7 Å². The van der Waals surface area contributed by atoms with Gasteiger partial charge >= 0.3 is 0 Å². The van der Waals surface area contributed by atoms with Crippen molar-refractivity contribution in [3.8, 4) is 22.9 Å². The fourth-order valence-electron chi connectivity index (χ4n) is 2.11. The number of aromatic nitrogens is 2. The van der Waals surface area contributed by atoms with Crippen molar-refractivity contribution in [3.63, 3.8) is 0 Å². The van der Waals surface area contributed by atoms with Gasteiger partial charge in [-0.1, -0.05) is 22.8 Å². The molecule has 0 radical (unpaired) electrons. The molecule has 0 aliphatic heterocycles. The summed E-state index contributed by atoms with van der Waals surface area (Å²) in [7, 11) is 1.56. The van der Waals surface area contributed by atoms with Crippen molar-refractivity contribution in [2.24, 2.45) is 0 Å². The summed E-state index contributed by atoms with van der Waals surface area (Å²) in [6, 6.07) is 14.1. The highest BCUT2D eigenvalue weighted by atomic mass is 35.5. The topological polar surface area (TPSA) is 86.5 Å². The highest BCUT2D eigenvalue weighted by molar-refractivity contribution is 6.30. The van der Waals surface area contributed by atoms with E-state index >= 15 is 0 Å². The van der Waals surface area contributed by atoms with Crippen LogP contribution in [0.15, 0.2) is 53.1 Å². The lowest BCUT2D eigenvalue weighted by molar-refractivity contribution is -0.123. The number of nitrogens with zero attached hydrogens (tertiary/aromatic N) is 2. The van der Waals surface area contributed by atoms with Crippen molar-refractivity contribution < 1.29 is 18.8 Å². The van der Waals surface area contributed by atoms with Gasteiger partial charge in [-0.3, -0.25) is 4.79 Å². The van der Waals surface area contributed by atoms with Gasteiger partial charge < -0.3 is 19.3 Å². The number of amides is 1. The number of rotatable bonds is 7. The second-order valence-electron chi connectivity index (χ2n) is 5.26. The molecule has 0 spiro atoms. The fraction of sp³-hybridized carbons (Fsp3) is 0.167. The minimum Gasteiger partial charge on any atom is -0.497 e. The number of hydrogen-bond donors (Lipinski definition) is 1. The van der Waals surface area contributed by atoms with E-state index in [-0.39, 0.29) is 19.1 Å². The van der Waals surface area contributed by atoms with Gasteiger partial charge in [-0.2, -0.15) is 4.98 Å². The summed E-state index contributed by atoms with van der Waals surface area (Å²) >= 11 is 5.85. The molecule has 3 aromatic rings. The van der Waals surface area contributed by atoms with Gasteiger partial charge in [0.1, 0.15) is 11.5 Å². The van der Waals surface area contributed by atoms with Crippen LogP contribution in [0.3, 0.4) is 0 Å². The van der Waals surface area contributed by atoms with Gasteiger partial charge in [-0.15, -0.1) is 0 Å². The summed E-state index contributed by atoms with van der Waals surface area (Å²) < 4.78 is 15.6. The number of halogens is 1. The molecule has 26 heavy (non-hydrogen) atoms. The van der Waals surface area contributed by atoms with Crippen LogP contribution in [0.1, 0.15) is 5.89 Å². The van der Waals surface area contributed by atoms with E-state index < -0.39 is 0 Å². The first-order chi connectivity index (χ1) is 12.6. The van der Waals surface area contributed by atoms with Gasteiger partial charge in [0, 0.05) is 16.7 Å². The SMILES string of the molecule is COc1cccc(OCC(=O)NCc2nc(-c3ccc(Cl)cc3)no2)c1.